The van der Waals surface area contributed by atoms with Crippen LogP contribution in [-0.4, -0.2) is 24.7 Å². The van der Waals surface area contributed by atoms with Gasteiger partial charge in [-0.15, -0.1) is 0 Å². The number of nitrogens with two attached hydrogens (primary N) is 1. The lowest BCUT2D eigenvalue weighted by Crippen LogP contribution is -2.16. The third-order valence-electron chi connectivity index (χ3n) is 2.73. The molecule has 0 spiro atoms. The van der Waals surface area contributed by atoms with E-state index >= 15 is 0 Å². The summed E-state index contributed by atoms with van der Waals surface area (Å²) in [5.41, 5.74) is 8.46. The Labute approximate surface area is 106 Å². The first-order valence-corrected chi connectivity index (χ1v) is 6.25. The van der Waals surface area contributed by atoms with Gasteiger partial charge < -0.3 is 20.6 Å². The average Bonchev–Trinajstić information content (AvgIpc) is 2.73. The van der Waals surface area contributed by atoms with Crippen molar-refractivity contribution in [3.63, 3.8) is 0 Å². The van der Waals surface area contributed by atoms with E-state index in [9.17, 15) is 4.79 Å². The van der Waals surface area contributed by atoms with Crippen molar-refractivity contribution < 1.29 is 9.53 Å². The molecule has 0 aliphatic carbocycles. The highest BCUT2D eigenvalue weighted by molar-refractivity contribution is 7.80. The SMILES string of the molecule is Nc1cc(OCCCS)cc2c1NC(C=O)C2. The smallest absolute Gasteiger partial charge is 0.142 e. The molecule has 1 aliphatic heterocycles. The van der Waals surface area contributed by atoms with E-state index in [0.29, 0.717) is 18.7 Å². The van der Waals surface area contributed by atoms with Crippen molar-refractivity contribution in [1.29, 1.82) is 0 Å². The summed E-state index contributed by atoms with van der Waals surface area (Å²) in [6.45, 7) is 0.631. The lowest BCUT2D eigenvalue weighted by atomic mass is 10.1. The number of thiol groups is 1. The third kappa shape index (κ3) is 2.66. The second-order valence-electron chi connectivity index (χ2n) is 4.06. The van der Waals surface area contributed by atoms with E-state index in [1.807, 2.05) is 6.07 Å². The zero-order valence-corrected chi connectivity index (χ0v) is 10.4. The fraction of sp³-hybridized carbons (Fsp3) is 0.417. The molecule has 0 fully saturated rings. The maximum absolute atomic E-state index is 10.7. The molecule has 2 rings (SSSR count). The van der Waals surface area contributed by atoms with E-state index in [4.69, 9.17) is 10.5 Å². The highest BCUT2D eigenvalue weighted by Crippen LogP contribution is 2.35. The fourth-order valence-corrected chi connectivity index (χ4v) is 2.06. The molecule has 0 saturated carbocycles. The molecule has 1 heterocycles. The van der Waals surface area contributed by atoms with Gasteiger partial charge in [-0.25, -0.2) is 0 Å². The number of anilines is 2. The maximum Gasteiger partial charge on any atom is 0.142 e. The van der Waals surface area contributed by atoms with E-state index in [1.54, 1.807) is 6.07 Å². The summed E-state index contributed by atoms with van der Waals surface area (Å²) in [6, 6.07) is 3.57. The molecule has 0 saturated heterocycles. The molecule has 1 unspecified atom stereocenters. The van der Waals surface area contributed by atoms with Crippen molar-refractivity contribution in [2.75, 3.05) is 23.4 Å². The number of fused-ring (bicyclic) bond motifs is 1. The highest BCUT2D eigenvalue weighted by atomic mass is 32.1. The number of hydrogen-bond acceptors (Lipinski definition) is 5. The lowest BCUT2D eigenvalue weighted by molar-refractivity contribution is -0.108. The second kappa shape index (κ2) is 5.31. The molecular weight excluding hydrogens is 236 g/mol. The molecule has 0 aromatic heterocycles. The Bertz CT molecular complexity index is 423. The summed E-state index contributed by atoms with van der Waals surface area (Å²) in [4.78, 5) is 10.7. The largest absolute Gasteiger partial charge is 0.493 e. The van der Waals surface area contributed by atoms with Gasteiger partial charge in [-0.3, -0.25) is 0 Å². The van der Waals surface area contributed by atoms with Crippen LogP contribution in [0, 0.1) is 0 Å². The summed E-state index contributed by atoms with van der Waals surface area (Å²) in [6.07, 6.45) is 2.48. The first kappa shape index (κ1) is 12.1. The van der Waals surface area contributed by atoms with Crippen LogP contribution in [0.15, 0.2) is 12.1 Å². The molecule has 92 valence electrons. The second-order valence-corrected chi connectivity index (χ2v) is 4.51. The van der Waals surface area contributed by atoms with Gasteiger partial charge in [-0.05, 0) is 23.8 Å². The zero-order valence-electron chi connectivity index (χ0n) is 9.48. The number of carbonyl (C=O) groups excluding carboxylic acids is 1. The Morgan fingerprint density at radius 3 is 3.12 bits per heavy atom. The van der Waals surface area contributed by atoms with Crippen molar-refractivity contribution in [3.05, 3.63) is 17.7 Å². The zero-order chi connectivity index (χ0) is 12.3. The number of rotatable bonds is 5. The van der Waals surface area contributed by atoms with Gasteiger partial charge in [0.05, 0.1) is 24.0 Å². The molecule has 3 N–H and O–H groups in total. The molecule has 1 atom stereocenters. The Morgan fingerprint density at radius 1 is 1.59 bits per heavy atom. The quantitative estimate of drug-likeness (QED) is 0.322. The van der Waals surface area contributed by atoms with Crippen molar-refractivity contribution >= 4 is 30.3 Å². The van der Waals surface area contributed by atoms with Gasteiger partial charge in [0.25, 0.3) is 0 Å². The molecule has 0 amide bonds. The minimum atomic E-state index is -0.167. The molecule has 1 aliphatic rings. The lowest BCUT2D eigenvalue weighted by Gasteiger charge is -2.10. The Balaban J connectivity index is 2.12. The highest BCUT2D eigenvalue weighted by Gasteiger charge is 2.22. The molecule has 0 bridgehead atoms. The minimum Gasteiger partial charge on any atom is -0.493 e. The maximum atomic E-state index is 10.7. The first-order chi connectivity index (χ1) is 8.24. The number of benzene rings is 1. The van der Waals surface area contributed by atoms with Gasteiger partial charge in [0.15, 0.2) is 0 Å². The first-order valence-electron chi connectivity index (χ1n) is 5.62. The van der Waals surface area contributed by atoms with Crippen molar-refractivity contribution in [2.24, 2.45) is 0 Å². The van der Waals surface area contributed by atoms with Crippen LogP contribution in [0.2, 0.25) is 0 Å². The number of ether oxygens (including phenoxy) is 1. The summed E-state index contributed by atoms with van der Waals surface area (Å²) >= 11 is 4.12. The molecule has 0 radical (unpaired) electrons. The van der Waals surface area contributed by atoms with Crippen LogP contribution >= 0.6 is 12.6 Å². The third-order valence-corrected chi connectivity index (χ3v) is 3.05. The molecule has 5 heteroatoms. The van der Waals surface area contributed by atoms with Crippen LogP contribution < -0.4 is 15.8 Å². The van der Waals surface area contributed by atoms with Crippen LogP contribution in [0.25, 0.3) is 0 Å². The van der Waals surface area contributed by atoms with Crippen LogP contribution in [0.4, 0.5) is 11.4 Å². The molecule has 4 nitrogen and oxygen atoms in total. The van der Waals surface area contributed by atoms with Gasteiger partial charge >= 0.3 is 0 Å². The minimum absolute atomic E-state index is 0.167. The van der Waals surface area contributed by atoms with E-state index < -0.39 is 0 Å². The topological polar surface area (TPSA) is 64.3 Å². The van der Waals surface area contributed by atoms with Crippen LogP contribution in [0.5, 0.6) is 5.75 Å². The summed E-state index contributed by atoms with van der Waals surface area (Å²) in [5.74, 6) is 1.56. The molecule has 1 aromatic rings. The monoisotopic (exact) mass is 252 g/mol. The number of aldehydes is 1. The molecule has 1 aromatic carbocycles. The fourth-order valence-electron chi connectivity index (χ4n) is 1.93. The van der Waals surface area contributed by atoms with Crippen molar-refractivity contribution in [2.45, 2.75) is 18.9 Å². The van der Waals surface area contributed by atoms with Gasteiger partial charge in [-0.1, -0.05) is 0 Å². The van der Waals surface area contributed by atoms with Crippen molar-refractivity contribution in [3.8, 4) is 5.75 Å². The van der Waals surface area contributed by atoms with E-state index in [-0.39, 0.29) is 6.04 Å². The van der Waals surface area contributed by atoms with E-state index in [2.05, 4.69) is 17.9 Å². The van der Waals surface area contributed by atoms with Crippen LogP contribution in [-0.2, 0) is 11.2 Å². The van der Waals surface area contributed by atoms with Gasteiger partial charge in [0, 0.05) is 12.5 Å². The predicted octanol–water partition coefficient (Wildman–Crippen LogP) is 1.50. The van der Waals surface area contributed by atoms with Crippen LogP contribution in [0.1, 0.15) is 12.0 Å². The molecule has 17 heavy (non-hydrogen) atoms. The van der Waals surface area contributed by atoms with Crippen molar-refractivity contribution in [1.82, 2.24) is 0 Å². The van der Waals surface area contributed by atoms with Gasteiger partial charge in [0.1, 0.15) is 12.0 Å². The number of carbonyl (C=O) groups is 1. The number of nitrogens with one attached hydrogen (secondary N) is 1. The normalized spacial score (nSPS) is 17.4. The Morgan fingerprint density at radius 2 is 2.41 bits per heavy atom. The summed E-state index contributed by atoms with van der Waals surface area (Å²) in [7, 11) is 0. The number of nitrogen functional groups attached to an aromatic ring is 1. The van der Waals surface area contributed by atoms with Crippen LogP contribution in [0.3, 0.4) is 0 Å². The number of hydrogen-bond donors (Lipinski definition) is 3. The Kier molecular flexibility index (Phi) is 3.78. The van der Waals surface area contributed by atoms with Gasteiger partial charge in [-0.2, -0.15) is 12.6 Å². The average molecular weight is 252 g/mol. The van der Waals surface area contributed by atoms with Gasteiger partial charge in [0.2, 0.25) is 0 Å². The van der Waals surface area contributed by atoms with E-state index in [1.165, 1.54) is 0 Å². The molecular formula is C12H16N2O2S. The predicted molar refractivity (Wildman–Crippen MR) is 72.0 cm³/mol. The Hall–Kier alpha value is -1.36. The van der Waals surface area contributed by atoms with E-state index in [0.717, 1.165) is 35.5 Å². The summed E-state index contributed by atoms with van der Waals surface area (Å²) in [5, 5.41) is 3.09. The standard InChI is InChI=1S/C12H16N2O2S/c13-11-6-10(16-2-1-3-17)5-8-4-9(7-15)14-12(8)11/h5-7,9,14,17H,1-4,13H2. The summed E-state index contributed by atoms with van der Waals surface area (Å²) < 4.78 is 5.58.